The number of anilines is 1. The van der Waals surface area contributed by atoms with Crippen molar-refractivity contribution < 1.29 is 27.2 Å². The Morgan fingerprint density at radius 1 is 1.32 bits per heavy atom. The van der Waals surface area contributed by atoms with E-state index < -0.39 is 22.3 Å². The van der Waals surface area contributed by atoms with Gasteiger partial charge in [-0.2, -0.15) is 8.42 Å². The molecule has 37 heavy (non-hydrogen) atoms. The SMILES string of the molecule is NS(=O)(=O)OC[C@H]1C[C@@H](Nc2ncncc2C(=O)c2cc([C@@H]3OCCc4ccc(Br)cc43)cs2)C[C@@H]1O. The van der Waals surface area contributed by atoms with Crippen LogP contribution in [0.3, 0.4) is 0 Å². The van der Waals surface area contributed by atoms with Crippen LogP contribution in [0.5, 0.6) is 0 Å². The van der Waals surface area contributed by atoms with Crippen LogP contribution in [0.2, 0.25) is 0 Å². The Hall–Kier alpha value is -2.26. The Morgan fingerprint density at radius 3 is 2.97 bits per heavy atom. The van der Waals surface area contributed by atoms with Crippen molar-refractivity contribution in [2.75, 3.05) is 18.5 Å². The number of carbonyl (C=O) groups excluding carboxylic acids is 1. The lowest BCUT2D eigenvalue weighted by molar-refractivity contribution is 0.0700. The normalized spacial score (nSPS) is 23.5. The summed E-state index contributed by atoms with van der Waals surface area (Å²) in [5.41, 5.74) is 3.54. The summed E-state index contributed by atoms with van der Waals surface area (Å²) in [6, 6.07) is 7.78. The van der Waals surface area contributed by atoms with E-state index in [-0.39, 0.29) is 24.5 Å². The number of aliphatic hydroxyl groups excluding tert-OH is 1. The minimum atomic E-state index is -4.09. The summed E-state index contributed by atoms with van der Waals surface area (Å²) in [5.74, 6) is -0.296. The fraction of sp³-hybridized carbons (Fsp3) is 0.375. The second-order valence-electron chi connectivity index (χ2n) is 9.12. The summed E-state index contributed by atoms with van der Waals surface area (Å²) < 4.78 is 33.9. The van der Waals surface area contributed by atoms with Gasteiger partial charge in [-0.05, 0) is 59.5 Å². The van der Waals surface area contributed by atoms with Crippen LogP contribution in [0.15, 0.2) is 46.6 Å². The minimum Gasteiger partial charge on any atom is -0.393 e. The quantitative estimate of drug-likeness (QED) is 0.327. The van der Waals surface area contributed by atoms with E-state index in [0.717, 1.165) is 22.0 Å². The van der Waals surface area contributed by atoms with Crippen molar-refractivity contribution in [1.29, 1.82) is 0 Å². The van der Waals surface area contributed by atoms with Crippen molar-refractivity contribution in [3.63, 3.8) is 0 Å². The second-order valence-corrected chi connectivity index (χ2v) is 12.2. The third-order valence-corrected chi connectivity index (χ3v) is 8.50. The van der Waals surface area contributed by atoms with Crippen molar-refractivity contribution in [3.05, 3.63) is 73.8 Å². The molecule has 196 valence electrons. The molecule has 1 aromatic carbocycles. The number of aliphatic hydroxyl groups is 1. The fourth-order valence-electron chi connectivity index (χ4n) is 4.82. The first-order valence-electron chi connectivity index (χ1n) is 11.6. The van der Waals surface area contributed by atoms with Crippen LogP contribution >= 0.6 is 27.3 Å². The van der Waals surface area contributed by atoms with Gasteiger partial charge in [-0.15, -0.1) is 11.3 Å². The van der Waals surface area contributed by atoms with Crippen LogP contribution in [0, 0.1) is 5.92 Å². The highest BCUT2D eigenvalue weighted by Gasteiger charge is 2.35. The number of carbonyl (C=O) groups is 1. The minimum absolute atomic E-state index is 0.214. The van der Waals surface area contributed by atoms with E-state index in [9.17, 15) is 18.3 Å². The molecule has 2 aromatic heterocycles. The molecule has 1 fully saturated rings. The van der Waals surface area contributed by atoms with E-state index in [0.29, 0.717) is 35.7 Å². The lowest BCUT2D eigenvalue weighted by atomic mass is 9.94. The zero-order chi connectivity index (χ0) is 26.2. The first-order chi connectivity index (χ1) is 17.7. The predicted molar refractivity (Wildman–Crippen MR) is 141 cm³/mol. The molecule has 3 heterocycles. The van der Waals surface area contributed by atoms with Gasteiger partial charge in [0.1, 0.15) is 18.2 Å². The summed E-state index contributed by atoms with van der Waals surface area (Å²) in [6.45, 7) is 0.393. The highest BCUT2D eigenvalue weighted by atomic mass is 79.9. The van der Waals surface area contributed by atoms with Crippen molar-refractivity contribution >= 4 is 49.2 Å². The number of hydrogen-bond acceptors (Lipinski definition) is 10. The number of thiophene rings is 1. The molecule has 0 unspecified atom stereocenters. The zero-order valence-electron chi connectivity index (χ0n) is 19.5. The average Bonchev–Trinajstić information content (AvgIpc) is 3.48. The molecule has 0 bridgehead atoms. The highest BCUT2D eigenvalue weighted by Crippen LogP contribution is 2.37. The number of hydrogen-bond donors (Lipinski definition) is 3. The molecular weight excluding hydrogens is 584 g/mol. The lowest BCUT2D eigenvalue weighted by Crippen LogP contribution is -2.24. The van der Waals surface area contributed by atoms with Gasteiger partial charge in [0.15, 0.2) is 0 Å². The predicted octanol–water partition coefficient (Wildman–Crippen LogP) is 2.97. The number of halogens is 1. The lowest BCUT2D eigenvalue weighted by Gasteiger charge is -2.25. The number of benzene rings is 1. The Kier molecular flexibility index (Phi) is 7.73. The summed E-state index contributed by atoms with van der Waals surface area (Å²) in [6.07, 6.45) is 3.39. The van der Waals surface area contributed by atoms with Crippen molar-refractivity contribution in [2.45, 2.75) is 37.5 Å². The Morgan fingerprint density at radius 2 is 2.16 bits per heavy atom. The molecule has 4 N–H and O–H groups in total. The second kappa shape index (κ2) is 10.8. The number of fused-ring (bicyclic) bond motifs is 1. The molecule has 5 rings (SSSR count). The maximum absolute atomic E-state index is 13.5. The first-order valence-corrected chi connectivity index (χ1v) is 14.8. The maximum Gasteiger partial charge on any atom is 0.333 e. The van der Waals surface area contributed by atoms with Crippen molar-refractivity contribution in [2.24, 2.45) is 11.1 Å². The van der Waals surface area contributed by atoms with Gasteiger partial charge in [0.2, 0.25) is 5.78 Å². The standard InChI is InChI=1S/C24H25BrN4O6S2/c25-16-2-1-13-3-4-34-23(18(13)7-16)15-6-21(36-11-15)22(31)19-9-27-12-28-24(19)29-17-5-14(20(30)8-17)10-35-37(26,32)33/h1-2,6-7,9,11-12,14,17,20,23,30H,3-5,8,10H2,(H2,26,32,33)(H,27,28,29)/t14-,17-,20+,23+/m1/s1. The summed E-state index contributed by atoms with van der Waals surface area (Å²) in [7, 11) is -4.09. The van der Waals surface area contributed by atoms with Gasteiger partial charge in [0, 0.05) is 22.6 Å². The van der Waals surface area contributed by atoms with Gasteiger partial charge < -0.3 is 15.2 Å². The smallest absolute Gasteiger partial charge is 0.333 e. The Balaban J connectivity index is 1.32. The van der Waals surface area contributed by atoms with Crippen LogP contribution in [0.1, 0.15) is 50.9 Å². The molecule has 10 nitrogen and oxygen atoms in total. The molecule has 1 saturated carbocycles. The largest absolute Gasteiger partial charge is 0.393 e. The zero-order valence-corrected chi connectivity index (χ0v) is 22.8. The summed E-state index contributed by atoms with van der Waals surface area (Å²) >= 11 is 4.87. The van der Waals surface area contributed by atoms with Gasteiger partial charge in [-0.3, -0.25) is 8.98 Å². The Bertz CT molecular complexity index is 1420. The molecule has 2 aliphatic rings. The van der Waals surface area contributed by atoms with Crippen LogP contribution in [0.25, 0.3) is 0 Å². The fourth-order valence-corrected chi connectivity index (χ4v) is 6.44. The topological polar surface area (TPSA) is 154 Å². The van der Waals surface area contributed by atoms with Gasteiger partial charge in [0.05, 0.1) is 29.8 Å². The van der Waals surface area contributed by atoms with Gasteiger partial charge in [-0.1, -0.05) is 22.0 Å². The highest BCUT2D eigenvalue weighted by molar-refractivity contribution is 9.10. The molecule has 0 saturated heterocycles. The third kappa shape index (κ3) is 6.08. The van der Waals surface area contributed by atoms with E-state index in [1.807, 2.05) is 17.5 Å². The maximum atomic E-state index is 13.5. The monoisotopic (exact) mass is 608 g/mol. The number of nitrogens with zero attached hydrogens (tertiary/aromatic N) is 2. The molecule has 1 aliphatic heterocycles. The molecule has 13 heteroatoms. The molecule has 0 amide bonds. The average molecular weight is 610 g/mol. The summed E-state index contributed by atoms with van der Waals surface area (Å²) in [5, 5.41) is 20.4. The number of ether oxygens (including phenoxy) is 1. The van der Waals surface area contributed by atoms with Gasteiger partial charge >= 0.3 is 10.3 Å². The molecular formula is C24H25BrN4O6S2. The Labute approximate surface area is 226 Å². The third-order valence-electron chi connectivity index (χ3n) is 6.59. The number of rotatable bonds is 8. The van der Waals surface area contributed by atoms with Gasteiger partial charge in [0.25, 0.3) is 0 Å². The molecule has 1 aliphatic carbocycles. The van der Waals surface area contributed by atoms with E-state index in [2.05, 4.69) is 47.5 Å². The van der Waals surface area contributed by atoms with E-state index in [1.165, 1.54) is 29.4 Å². The van der Waals surface area contributed by atoms with Crippen LogP contribution in [0.4, 0.5) is 5.82 Å². The van der Waals surface area contributed by atoms with Crippen LogP contribution in [-0.2, 0) is 25.6 Å². The molecule has 0 spiro atoms. The summed E-state index contributed by atoms with van der Waals surface area (Å²) in [4.78, 5) is 22.3. The van der Waals surface area contributed by atoms with Gasteiger partial charge in [-0.25, -0.2) is 15.1 Å². The van der Waals surface area contributed by atoms with Crippen molar-refractivity contribution in [3.8, 4) is 0 Å². The van der Waals surface area contributed by atoms with E-state index >= 15 is 0 Å². The van der Waals surface area contributed by atoms with E-state index in [1.54, 1.807) is 0 Å². The van der Waals surface area contributed by atoms with Crippen LogP contribution < -0.4 is 10.5 Å². The number of nitrogens with one attached hydrogen (secondary N) is 1. The number of nitrogens with two attached hydrogens (primary N) is 1. The molecule has 4 atom stereocenters. The molecule has 3 aromatic rings. The van der Waals surface area contributed by atoms with E-state index in [4.69, 9.17) is 9.88 Å². The number of aromatic nitrogens is 2. The number of ketones is 1. The van der Waals surface area contributed by atoms with Crippen molar-refractivity contribution in [1.82, 2.24) is 9.97 Å². The van der Waals surface area contributed by atoms with Crippen LogP contribution in [-0.4, -0.2) is 54.6 Å². The molecule has 0 radical (unpaired) electrons. The first kappa shape index (κ1) is 26.4.